The Labute approximate surface area is 182 Å². The van der Waals surface area contributed by atoms with Crippen LogP contribution in [0.1, 0.15) is 51.9 Å². The molecule has 2 aromatic rings. The van der Waals surface area contributed by atoms with Gasteiger partial charge in [-0.1, -0.05) is 23.4 Å². The van der Waals surface area contributed by atoms with Gasteiger partial charge in [0.15, 0.2) is 11.0 Å². The van der Waals surface area contributed by atoms with Crippen molar-refractivity contribution in [2.45, 2.75) is 63.3 Å². The van der Waals surface area contributed by atoms with E-state index in [9.17, 15) is 4.79 Å². The molecule has 3 rings (SSSR count). The van der Waals surface area contributed by atoms with E-state index in [1.165, 1.54) is 18.2 Å². The van der Waals surface area contributed by atoms with E-state index in [4.69, 9.17) is 11.6 Å². The molecule has 1 aromatic heterocycles. The monoisotopic (exact) mass is 435 g/mol. The maximum atomic E-state index is 13.0. The number of likely N-dealkylation sites (tertiary alicyclic amines) is 1. The summed E-state index contributed by atoms with van der Waals surface area (Å²) in [6.07, 6.45) is 3.34. The van der Waals surface area contributed by atoms with Gasteiger partial charge in [0.25, 0.3) is 0 Å². The van der Waals surface area contributed by atoms with Crippen molar-refractivity contribution < 1.29 is 4.79 Å². The summed E-state index contributed by atoms with van der Waals surface area (Å²) in [5.74, 6) is 1.37. The van der Waals surface area contributed by atoms with Crippen LogP contribution in [-0.4, -0.2) is 62.4 Å². The molecule has 1 amide bonds. The van der Waals surface area contributed by atoms with Crippen molar-refractivity contribution in [1.29, 1.82) is 0 Å². The van der Waals surface area contributed by atoms with E-state index in [1.807, 2.05) is 47.8 Å². The van der Waals surface area contributed by atoms with Crippen LogP contribution in [0, 0.1) is 0 Å². The normalized spacial score (nSPS) is 20.9. The van der Waals surface area contributed by atoms with Gasteiger partial charge in [-0.15, -0.1) is 10.2 Å². The van der Waals surface area contributed by atoms with Gasteiger partial charge in [0.2, 0.25) is 5.91 Å². The van der Waals surface area contributed by atoms with E-state index < -0.39 is 0 Å². The van der Waals surface area contributed by atoms with Crippen LogP contribution in [0.5, 0.6) is 0 Å². The largest absolute Gasteiger partial charge is 0.337 e. The number of carbonyl (C=O) groups excluding carboxylic acids is 1. The summed E-state index contributed by atoms with van der Waals surface area (Å²) < 4.78 is 2.03. The Morgan fingerprint density at radius 1 is 1.21 bits per heavy atom. The fourth-order valence-corrected chi connectivity index (χ4v) is 4.78. The quantitative estimate of drug-likeness (QED) is 0.628. The number of hydrogen-bond donors (Lipinski definition) is 0. The highest BCUT2D eigenvalue weighted by atomic mass is 35.5. The molecule has 0 unspecified atom stereocenters. The summed E-state index contributed by atoms with van der Waals surface area (Å²) in [5, 5.41) is 10.3. The minimum atomic E-state index is 0.0744. The maximum Gasteiger partial charge on any atom is 0.233 e. The molecule has 0 saturated carbocycles. The second-order valence-corrected chi connectivity index (χ2v) is 9.39. The lowest BCUT2D eigenvalue weighted by Gasteiger charge is -2.39. The highest BCUT2D eigenvalue weighted by Gasteiger charge is 2.29. The second kappa shape index (κ2) is 9.49. The third-order valence-corrected chi connectivity index (χ3v) is 6.86. The van der Waals surface area contributed by atoms with E-state index in [2.05, 4.69) is 35.9 Å². The zero-order valence-electron chi connectivity index (χ0n) is 17.8. The Morgan fingerprint density at radius 2 is 1.83 bits per heavy atom. The molecule has 0 N–H and O–H groups in total. The Hall–Kier alpha value is -1.57. The number of halogens is 1. The fourth-order valence-electron chi connectivity index (χ4n) is 3.82. The molecule has 1 saturated heterocycles. The van der Waals surface area contributed by atoms with Gasteiger partial charge in [-0.25, -0.2) is 0 Å². The standard InChI is InChI=1S/C21H30ClN5OS/c1-14-7-6-8-15(2)26(14)19(28)13-29-21-24-23-20(16(3)25(4)5)27(21)18-11-9-17(22)10-12-18/h9-12,14-16H,6-8,13H2,1-5H3/t14-,15+,16-/m1/s1. The van der Waals surface area contributed by atoms with Gasteiger partial charge >= 0.3 is 0 Å². The molecule has 6 nitrogen and oxygen atoms in total. The molecule has 0 radical (unpaired) electrons. The Kier molecular flexibility index (Phi) is 7.24. The third kappa shape index (κ3) is 4.95. The SMILES string of the molecule is C[C@H](c1nnc(SCC(=O)N2[C@H](C)CCC[C@@H]2C)n1-c1ccc(Cl)cc1)N(C)C. The number of hydrogen-bond acceptors (Lipinski definition) is 5. The van der Waals surface area contributed by atoms with Gasteiger partial charge in [-0.3, -0.25) is 14.3 Å². The van der Waals surface area contributed by atoms with Crippen LogP contribution in [0.2, 0.25) is 5.02 Å². The predicted molar refractivity (Wildman–Crippen MR) is 119 cm³/mol. The van der Waals surface area contributed by atoms with Crippen LogP contribution >= 0.6 is 23.4 Å². The first-order valence-corrected chi connectivity index (χ1v) is 11.5. The smallest absolute Gasteiger partial charge is 0.233 e. The molecule has 158 valence electrons. The number of thioether (sulfide) groups is 1. The topological polar surface area (TPSA) is 54.3 Å². The lowest BCUT2D eigenvalue weighted by atomic mass is 9.98. The lowest BCUT2D eigenvalue weighted by Crippen LogP contribution is -2.48. The molecule has 8 heteroatoms. The summed E-state index contributed by atoms with van der Waals surface area (Å²) in [6, 6.07) is 8.30. The van der Waals surface area contributed by atoms with Crippen LogP contribution in [-0.2, 0) is 4.79 Å². The van der Waals surface area contributed by atoms with Gasteiger partial charge in [0.1, 0.15) is 0 Å². The van der Waals surface area contributed by atoms with Crippen LogP contribution < -0.4 is 0 Å². The summed E-state index contributed by atoms with van der Waals surface area (Å²) in [5.41, 5.74) is 0.942. The van der Waals surface area contributed by atoms with Gasteiger partial charge < -0.3 is 4.90 Å². The molecular formula is C21H30ClN5OS. The molecule has 0 bridgehead atoms. The van der Waals surface area contributed by atoms with E-state index in [-0.39, 0.29) is 11.9 Å². The lowest BCUT2D eigenvalue weighted by molar-refractivity contribution is -0.134. The Bertz CT molecular complexity index is 828. The van der Waals surface area contributed by atoms with Crippen LogP contribution in [0.25, 0.3) is 5.69 Å². The van der Waals surface area contributed by atoms with Gasteiger partial charge in [-0.2, -0.15) is 0 Å². The summed E-state index contributed by atoms with van der Waals surface area (Å²) >= 11 is 7.53. The van der Waals surface area contributed by atoms with Crippen LogP contribution in [0.15, 0.2) is 29.4 Å². The molecule has 29 heavy (non-hydrogen) atoms. The average Bonchev–Trinajstić information content (AvgIpc) is 3.10. The summed E-state index contributed by atoms with van der Waals surface area (Å²) in [4.78, 5) is 17.1. The van der Waals surface area contributed by atoms with Crippen molar-refractivity contribution in [2.75, 3.05) is 19.8 Å². The van der Waals surface area contributed by atoms with E-state index in [0.29, 0.717) is 22.9 Å². The highest BCUT2D eigenvalue weighted by Crippen LogP contribution is 2.29. The number of aromatic nitrogens is 3. The average molecular weight is 436 g/mol. The van der Waals surface area contributed by atoms with Crippen molar-refractivity contribution in [3.63, 3.8) is 0 Å². The molecule has 1 aliphatic rings. The minimum Gasteiger partial charge on any atom is -0.337 e. The van der Waals surface area contributed by atoms with E-state index in [1.54, 1.807) is 0 Å². The fraction of sp³-hybridized carbons (Fsp3) is 0.571. The predicted octanol–water partition coefficient (Wildman–Crippen LogP) is 4.42. The number of amides is 1. The van der Waals surface area contributed by atoms with Crippen molar-refractivity contribution in [1.82, 2.24) is 24.6 Å². The van der Waals surface area contributed by atoms with Crippen LogP contribution in [0.4, 0.5) is 0 Å². The summed E-state index contributed by atoms with van der Waals surface area (Å²) in [7, 11) is 4.03. The van der Waals surface area contributed by atoms with E-state index in [0.717, 1.165) is 29.5 Å². The van der Waals surface area contributed by atoms with E-state index >= 15 is 0 Å². The molecule has 1 fully saturated rings. The molecule has 2 heterocycles. The first-order chi connectivity index (χ1) is 13.8. The number of carbonyl (C=O) groups is 1. The van der Waals surface area contributed by atoms with Gasteiger partial charge in [-0.05, 0) is 78.4 Å². The summed E-state index contributed by atoms with van der Waals surface area (Å²) in [6.45, 7) is 6.38. The Balaban J connectivity index is 1.85. The van der Waals surface area contributed by atoms with Crippen molar-refractivity contribution in [3.05, 3.63) is 35.1 Å². The van der Waals surface area contributed by atoms with Gasteiger partial charge in [0, 0.05) is 22.8 Å². The van der Waals surface area contributed by atoms with Crippen molar-refractivity contribution in [2.24, 2.45) is 0 Å². The molecule has 1 aliphatic heterocycles. The first kappa shape index (κ1) is 22.1. The maximum absolute atomic E-state index is 13.0. The first-order valence-electron chi connectivity index (χ1n) is 10.1. The zero-order chi connectivity index (χ0) is 21.1. The number of benzene rings is 1. The second-order valence-electron chi connectivity index (χ2n) is 8.01. The molecule has 0 spiro atoms. The van der Waals surface area contributed by atoms with Crippen molar-refractivity contribution >= 4 is 29.3 Å². The Morgan fingerprint density at radius 3 is 2.41 bits per heavy atom. The molecular weight excluding hydrogens is 406 g/mol. The minimum absolute atomic E-state index is 0.0744. The van der Waals surface area contributed by atoms with Crippen LogP contribution in [0.3, 0.4) is 0 Å². The number of rotatable bonds is 6. The van der Waals surface area contributed by atoms with Crippen molar-refractivity contribution in [3.8, 4) is 5.69 Å². The highest BCUT2D eigenvalue weighted by molar-refractivity contribution is 7.99. The number of nitrogens with zero attached hydrogens (tertiary/aromatic N) is 5. The molecule has 1 aromatic carbocycles. The zero-order valence-corrected chi connectivity index (χ0v) is 19.4. The number of piperidine rings is 1. The molecule has 0 aliphatic carbocycles. The third-order valence-electron chi connectivity index (χ3n) is 5.70. The van der Waals surface area contributed by atoms with Gasteiger partial charge in [0.05, 0.1) is 11.8 Å². The molecule has 3 atom stereocenters.